The lowest BCUT2D eigenvalue weighted by Gasteiger charge is -2.35. The van der Waals surface area contributed by atoms with Crippen LogP contribution < -0.4 is 26.2 Å². The number of fused-ring (bicyclic) bond motifs is 1. The Morgan fingerprint density at radius 2 is 1.51 bits per heavy atom. The number of benzene rings is 3. The molecule has 3 aliphatic heterocycles. The first kappa shape index (κ1) is 56.8. The van der Waals surface area contributed by atoms with E-state index >= 15 is 0 Å². The van der Waals surface area contributed by atoms with Crippen LogP contribution in [-0.2, 0) is 35.6 Å². The first-order valence-corrected chi connectivity index (χ1v) is 29.8. The summed E-state index contributed by atoms with van der Waals surface area (Å²) in [5.74, 6) is -0.406. The van der Waals surface area contributed by atoms with Crippen molar-refractivity contribution < 1.29 is 32.7 Å². The molecule has 2 fully saturated rings. The number of piperazine rings is 1. The van der Waals surface area contributed by atoms with Crippen molar-refractivity contribution in [2.24, 2.45) is 10.4 Å². The van der Waals surface area contributed by atoms with Crippen molar-refractivity contribution in [3.05, 3.63) is 102 Å². The largest absolute Gasteiger partial charge is 0.391 e. The number of likely N-dealkylation sites (tertiary alicyclic amines) is 1. The predicted molar refractivity (Wildman–Crippen MR) is 304 cm³/mol. The van der Waals surface area contributed by atoms with Crippen LogP contribution in [0.2, 0.25) is 0 Å². The maximum Gasteiger partial charge on any atom is 0.247 e. The van der Waals surface area contributed by atoms with Crippen LogP contribution in [0.5, 0.6) is 0 Å². The number of rotatable bonds is 23. The second-order valence-electron chi connectivity index (χ2n) is 21.7. The maximum atomic E-state index is 14.0. The second-order valence-corrected chi connectivity index (χ2v) is 24.7. The molecule has 0 spiro atoms. The van der Waals surface area contributed by atoms with Crippen LogP contribution in [0, 0.1) is 5.41 Å². The van der Waals surface area contributed by atoms with Crippen LogP contribution in [-0.4, -0.2) is 143 Å². The molecular weight excluding hydrogens is 1010 g/mol. The van der Waals surface area contributed by atoms with Gasteiger partial charge in [0.15, 0.2) is 15.5 Å². The van der Waals surface area contributed by atoms with Crippen molar-refractivity contribution in [1.82, 2.24) is 40.3 Å². The van der Waals surface area contributed by atoms with E-state index in [0.717, 1.165) is 92.9 Å². The Bertz CT molecular complexity index is 2960. The van der Waals surface area contributed by atoms with Crippen LogP contribution in [0.25, 0.3) is 16.9 Å². The van der Waals surface area contributed by atoms with E-state index in [1.165, 1.54) is 16.7 Å². The SMILES string of the molecule is CC1N=CSC1c1ccc(CNC(=O)C2CC(O)CN2C(=O)C(NC(=O)CCCCCCCCCNC(=O)CN2CCN(c3ccc(Nc4nc5cccc(-c6ccc(S(C)(=O)=O)cc6)n5n4)cc3)CC2)C(C)(C)C)cc1. The fourth-order valence-corrected chi connectivity index (χ4v) is 11.7. The van der Waals surface area contributed by atoms with Crippen molar-refractivity contribution in [1.29, 1.82) is 0 Å². The normalized spacial score (nSPS) is 19.4. The Morgan fingerprint density at radius 1 is 0.818 bits per heavy atom. The number of aliphatic imine (C=N–C) groups is 1. The molecule has 3 aromatic carbocycles. The van der Waals surface area contributed by atoms with E-state index in [-0.39, 0.29) is 52.8 Å². The molecule has 5 aromatic rings. The summed E-state index contributed by atoms with van der Waals surface area (Å²) in [7, 11) is -3.30. The summed E-state index contributed by atoms with van der Waals surface area (Å²) < 4.78 is 25.6. The van der Waals surface area contributed by atoms with E-state index in [1.807, 2.05) is 68.8 Å². The molecule has 18 nitrogen and oxygen atoms in total. The summed E-state index contributed by atoms with van der Waals surface area (Å²) in [5, 5.41) is 27.9. The first-order valence-electron chi connectivity index (χ1n) is 27.0. The monoisotopic (exact) mass is 1090 g/mol. The molecule has 2 saturated heterocycles. The summed E-state index contributed by atoms with van der Waals surface area (Å²) in [4.78, 5) is 68.8. The third-order valence-electron chi connectivity index (χ3n) is 14.6. The number of pyridine rings is 1. The molecule has 0 radical (unpaired) electrons. The molecule has 412 valence electrons. The van der Waals surface area contributed by atoms with E-state index in [0.29, 0.717) is 44.1 Å². The number of hydrogen-bond donors (Lipinski definition) is 5. The van der Waals surface area contributed by atoms with E-state index in [4.69, 9.17) is 0 Å². The van der Waals surface area contributed by atoms with Gasteiger partial charge in [-0.2, -0.15) is 4.98 Å². The zero-order chi connectivity index (χ0) is 54.7. The zero-order valence-corrected chi connectivity index (χ0v) is 46.6. The summed E-state index contributed by atoms with van der Waals surface area (Å²) in [6.45, 7) is 12.3. The fraction of sp³-hybridized carbons (Fsp3) is 0.491. The average molecular weight is 1090 g/mol. The molecule has 8 rings (SSSR count). The van der Waals surface area contributed by atoms with Crippen molar-refractivity contribution in [3.63, 3.8) is 0 Å². The number of aromatic nitrogens is 3. The van der Waals surface area contributed by atoms with Crippen molar-refractivity contribution >= 4 is 73.7 Å². The topological polar surface area (TPSA) is 223 Å². The first-order chi connectivity index (χ1) is 36.9. The molecule has 5 N–H and O–H groups in total. The maximum absolute atomic E-state index is 14.0. The quantitative estimate of drug-likeness (QED) is 0.0420. The highest BCUT2D eigenvalue weighted by atomic mass is 32.2. The Labute approximate surface area is 457 Å². The molecule has 4 amide bonds. The minimum Gasteiger partial charge on any atom is -0.391 e. The zero-order valence-electron chi connectivity index (χ0n) is 45.0. The van der Waals surface area contributed by atoms with E-state index in [9.17, 15) is 32.7 Å². The highest BCUT2D eigenvalue weighted by Crippen LogP contribution is 2.37. The van der Waals surface area contributed by atoms with Gasteiger partial charge in [0, 0.05) is 81.8 Å². The van der Waals surface area contributed by atoms with Gasteiger partial charge in [-0.3, -0.25) is 29.1 Å². The molecule has 5 unspecified atom stereocenters. The minimum atomic E-state index is -3.30. The number of anilines is 3. The third-order valence-corrected chi connectivity index (χ3v) is 16.9. The van der Waals surface area contributed by atoms with Gasteiger partial charge < -0.3 is 36.2 Å². The number of aliphatic hydroxyl groups excluding tert-OH is 1. The molecule has 77 heavy (non-hydrogen) atoms. The van der Waals surface area contributed by atoms with Crippen molar-refractivity contribution in [2.75, 3.05) is 62.3 Å². The smallest absolute Gasteiger partial charge is 0.247 e. The Hall–Kier alpha value is -6.35. The lowest BCUT2D eigenvalue weighted by molar-refractivity contribution is -0.144. The molecule has 20 heteroatoms. The number of sulfone groups is 1. The van der Waals surface area contributed by atoms with Crippen LogP contribution in [0.4, 0.5) is 17.3 Å². The molecule has 3 aliphatic rings. The molecule has 0 saturated carbocycles. The number of β-amino-alcohol motifs (C(OH)–C–C–N with tert-alkyl or cyclic N) is 1. The van der Waals surface area contributed by atoms with Gasteiger partial charge in [0.05, 0.1) is 40.1 Å². The van der Waals surface area contributed by atoms with Gasteiger partial charge in [-0.15, -0.1) is 16.9 Å². The molecule has 2 aromatic heterocycles. The molecule has 0 aliphatic carbocycles. The lowest BCUT2D eigenvalue weighted by atomic mass is 9.85. The number of amides is 4. The highest BCUT2D eigenvalue weighted by Gasteiger charge is 2.44. The molecule has 0 bridgehead atoms. The predicted octanol–water partition coefficient (Wildman–Crippen LogP) is 6.92. The van der Waals surface area contributed by atoms with Crippen molar-refractivity contribution in [2.45, 2.75) is 126 Å². The molecule has 5 heterocycles. The Balaban J connectivity index is 0.667. The number of unbranched alkanes of at least 4 members (excludes halogenated alkanes) is 6. The molecular formula is C57H75N11O7S2. The van der Waals surface area contributed by atoms with Gasteiger partial charge >= 0.3 is 0 Å². The van der Waals surface area contributed by atoms with Gasteiger partial charge in [0.1, 0.15) is 12.1 Å². The Morgan fingerprint density at radius 3 is 2.17 bits per heavy atom. The van der Waals surface area contributed by atoms with Gasteiger partial charge in [-0.05, 0) is 84.8 Å². The summed E-state index contributed by atoms with van der Waals surface area (Å²) >= 11 is 1.70. The van der Waals surface area contributed by atoms with Gasteiger partial charge in [0.25, 0.3) is 0 Å². The summed E-state index contributed by atoms with van der Waals surface area (Å²) in [5.41, 5.74) is 7.60. The standard InChI is InChI=1S/C57H75N11O7S2/c1-39-52(76-38-60-39)42-19-17-40(18-20-42)35-59-54(72)48-34-45(69)36-67(48)55(73)53(57(2,3)4)63-50(70)16-11-9-7-6-8-10-12-29-58-51(71)37-65-30-32-66(33-31-65)44-25-23-43(24-26-44)61-56-62-49-15-13-14-47(68(49)64-56)41-21-27-46(28-22-41)77(5,74)75/h13-15,17-28,38-39,45,48,52-53,69H,6-12,16,29-37H2,1-5H3,(H,58,71)(H,59,72)(H,61,64)(H,63,70). The van der Waals surface area contributed by atoms with Crippen LogP contribution in [0.15, 0.2) is 101 Å². The van der Waals surface area contributed by atoms with Crippen LogP contribution in [0.1, 0.15) is 102 Å². The summed E-state index contributed by atoms with van der Waals surface area (Å²) in [6.07, 6.45) is 7.38. The van der Waals surface area contributed by atoms with E-state index < -0.39 is 33.4 Å². The second kappa shape index (κ2) is 25.9. The average Bonchev–Trinajstić information content (AvgIpc) is 4.17. The third kappa shape index (κ3) is 15.4. The number of nitrogens with one attached hydrogen (secondary N) is 4. The number of carbonyl (C=O) groups is 4. The van der Waals surface area contributed by atoms with Gasteiger partial charge in [-0.1, -0.05) is 95.3 Å². The van der Waals surface area contributed by atoms with E-state index in [1.54, 1.807) is 40.5 Å². The van der Waals surface area contributed by atoms with Crippen LogP contribution in [0.3, 0.4) is 0 Å². The molecule has 5 atom stereocenters. The van der Waals surface area contributed by atoms with Crippen molar-refractivity contribution in [3.8, 4) is 11.3 Å². The number of thioether (sulfide) groups is 1. The minimum absolute atomic E-state index is 0.0314. The number of aliphatic hydroxyl groups is 1. The van der Waals surface area contributed by atoms with Gasteiger partial charge in [-0.25, -0.2) is 12.9 Å². The van der Waals surface area contributed by atoms with Gasteiger partial charge in [0.2, 0.25) is 29.6 Å². The fourth-order valence-electron chi connectivity index (χ4n) is 10.1. The summed E-state index contributed by atoms with van der Waals surface area (Å²) in [6, 6.07) is 27.2. The lowest BCUT2D eigenvalue weighted by Crippen LogP contribution is -2.57. The van der Waals surface area contributed by atoms with E-state index in [2.05, 4.69) is 77.3 Å². The van der Waals surface area contributed by atoms with Crippen LogP contribution >= 0.6 is 11.8 Å². The highest BCUT2D eigenvalue weighted by molar-refractivity contribution is 8.12. The Kier molecular flexibility index (Phi) is 19.1. The number of nitrogens with zero attached hydrogens (tertiary/aromatic N) is 7. The number of carbonyl (C=O) groups excluding carboxylic acids is 4. The number of hydrogen-bond acceptors (Lipinski definition) is 14.